The number of hydrogen-bond acceptors (Lipinski definition) is 6. The predicted molar refractivity (Wildman–Crippen MR) is 111 cm³/mol. The summed E-state index contributed by atoms with van der Waals surface area (Å²) in [7, 11) is 1.38. The Kier molecular flexibility index (Phi) is 7.98. The maximum absolute atomic E-state index is 14.5. The number of carboxylic acid groups (broad SMARTS) is 1. The second-order valence-electron chi connectivity index (χ2n) is 7.18. The summed E-state index contributed by atoms with van der Waals surface area (Å²) < 4.78 is 73.6. The zero-order valence-electron chi connectivity index (χ0n) is 18.0. The summed E-state index contributed by atoms with van der Waals surface area (Å²) in [5.74, 6) is -1.36. The highest BCUT2D eigenvalue weighted by molar-refractivity contribution is 5.68. The first-order valence-electron chi connectivity index (χ1n) is 10.1. The van der Waals surface area contributed by atoms with Crippen molar-refractivity contribution in [2.45, 2.75) is 32.0 Å². The van der Waals surface area contributed by atoms with E-state index in [4.69, 9.17) is 23.8 Å². The van der Waals surface area contributed by atoms with E-state index in [0.717, 1.165) is 11.6 Å². The molecule has 0 unspecified atom stereocenters. The third kappa shape index (κ3) is 6.87. The molecule has 0 radical (unpaired) electrons. The van der Waals surface area contributed by atoms with Gasteiger partial charge in [0.2, 0.25) is 5.76 Å². The summed E-state index contributed by atoms with van der Waals surface area (Å²) in [5, 5.41) is 12.6. The van der Waals surface area contributed by atoms with Crippen LogP contribution in [0.1, 0.15) is 24.1 Å². The van der Waals surface area contributed by atoms with Crippen LogP contribution in [0.2, 0.25) is 0 Å². The minimum absolute atomic E-state index is 0.0235. The molecule has 182 valence electrons. The van der Waals surface area contributed by atoms with E-state index < -0.39 is 31.0 Å². The molecule has 0 saturated carbocycles. The van der Waals surface area contributed by atoms with Crippen molar-refractivity contribution in [1.29, 1.82) is 0 Å². The second kappa shape index (κ2) is 10.9. The Morgan fingerprint density at radius 2 is 1.91 bits per heavy atom. The molecule has 0 spiro atoms. The Balaban J connectivity index is 1.84. The standard InChI is InChI=1S/C23H21F4NO6/c1-31-15-6-7-18(24)17(12-15)21-22(32-10-9-23(25,26)27)19(28-34-21)13-33-16-4-2-3-14(11-16)5-8-20(29)30/h2-4,6-7,11-12H,5,8-10,13H2,1H3,(H,29,30). The second-order valence-corrected chi connectivity index (χ2v) is 7.18. The van der Waals surface area contributed by atoms with Gasteiger partial charge in [0.05, 0.1) is 25.7 Å². The summed E-state index contributed by atoms with van der Waals surface area (Å²) in [6, 6.07) is 10.5. The summed E-state index contributed by atoms with van der Waals surface area (Å²) in [6.45, 7) is -0.986. The highest BCUT2D eigenvalue weighted by Crippen LogP contribution is 2.37. The molecular formula is C23H21F4NO6. The lowest BCUT2D eigenvalue weighted by Crippen LogP contribution is -2.13. The molecule has 3 rings (SSSR count). The SMILES string of the molecule is COc1ccc(F)c(-c2onc(COc3cccc(CCC(=O)O)c3)c2OCCC(F)(F)F)c1. The molecule has 0 fully saturated rings. The Morgan fingerprint density at radius 3 is 2.62 bits per heavy atom. The van der Waals surface area contributed by atoms with E-state index in [0.29, 0.717) is 17.9 Å². The van der Waals surface area contributed by atoms with E-state index in [-0.39, 0.29) is 35.8 Å². The number of benzene rings is 2. The minimum Gasteiger partial charge on any atom is -0.497 e. The number of aromatic nitrogens is 1. The van der Waals surface area contributed by atoms with Gasteiger partial charge in [-0.1, -0.05) is 17.3 Å². The summed E-state index contributed by atoms with van der Waals surface area (Å²) >= 11 is 0. The molecule has 34 heavy (non-hydrogen) atoms. The van der Waals surface area contributed by atoms with Crippen molar-refractivity contribution in [3.63, 3.8) is 0 Å². The van der Waals surface area contributed by atoms with Gasteiger partial charge in [-0.3, -0.25) is 4.79 Å². The quantitative estimate of drug-likeness (QED) is 0.364. The molecule has 0 aliphatic carbocycles. The van der Waals surface area contributed by atoms with Crippen molar-refractivity contribution in [2.75, 3.05) is 13.7 Å². The van der Waals surface area contributed by atoms with Crippen molar-refractivity contribution < 1.29 is 46.2 Å². The number of nitrogens with zero attached hydrogens (tertiary/aromatic N) is 1. The summed E-state index contributed by atoms with van der Waals surface area (Å²) in [4.78, 5) is 10.8. The van der Waals surface area contributed by atoms with Crippen LogP contribution in [0.3, 0.4) is 0 Å². The molecule has 1 N–H and O–H groups in total. The van der Waals surface area contributed by atoms with Crippen molar-refractivity contribution in [3.8, 4) is 28.6 Å². The largest absolute Gasteiger partial charge is 0.497 e. The molecule has 11 heteroatoms. The number of carboxylic acids is 1. The van der Waals surface area contributed by atoms with Crippen LogP contribution in [0.15, 0.2) is 47.0 Å². The highest BCUT2D eigenvalue weighted by atomic mass is 19.4. The van der Waals surface area contributed by atoms with E-state index in [1.54, 1.807) is 24.3 Å². The van der Waals surface area contributed by atoms with Gasteiger partial charge in [0, 0.05) is 6.42 Å². The van der Waals surface area contributed by atoms with E-state index in [2.05, 4.69) is 5.16 Å². The molecule has 0 atom stereocenters. The Bertz CT molecular complexity index is 1130. The number of ether oxygens (including phenoxy) is 3. The van der Waals surface area contributed by atoms with Crippen LogP contribution in [0.5, 0.6) is 17.2 Å². The van der Waals surface area contributed by atoms with E-state index >= 15 is 0 Å². The predicted octanol–water partition coefficient (Wildman–Crippen LogP) is 5.42. The third-order valence-electron chi connectivity index (χ3n) is 4.67. The Morgan fingerprint density at radius 1 is 1.12 bits per heavy atom. The first-order chi connectivity index (χ1) is 16.2. The smallest absolute Gasteiger partial charge is 0.392 e. The van der Waals surface area contributed by atoms with Crippen molar-refractivity contribution in [1.82, 2.24) is 5.16 Å². The van der Waals surface area contributed by atoms with Crippen LogP contribution < -0.4 is 14.2 Å². The van der Waals surface area contributed by atoms with Gasteiger partial charge in [-0.05, 0) is 42.3 Å². The maximum Gasteiger partial charge on any atom is 0.392 e. The Labute approximate surface area is 191 Å². The average Bonchev–Trinajstić information content (AvgIpc) is 3.18. The van der Waals surface area contributed by atoms with Crippen molar-refractivity contribution in [2.24, 2.45) is 0 Å². The van der Waals surface area contributed by atoms with E-state index in [9.17, 15) is 22.4 Å². The molecule has 0 saturated heterocycles. The number of hydrogen-bond donors (Lipinski definition) is 1. The summed E-state index contributed by atoms with van der Waals surface area (Å²) in [5.41, 5.74) is 0.645. The monoisotopic (exact) mass is 483 g/mol. The van der Waals surface area contributed by atoms with Crippen LogP contribution in [-0.2, 0) is 17.8 Å². The molecule has 0 bridgehead atoms. The Hall–Kier alpha value is -3.76. The lowest BCUT2D eigenvalue weighted by atomic mass is 10.1. The van der Waals surface area contributed by atoms with Gasteiger partial charge in [0.15, 0.2) is 11.4 Å². The average molecular weight is 483 g/mol. The molecule has 1 aromatic heterocycles. The molecule has 1 heterocycles. The zero-order chi connectivity index (χ0) is 24.7. The molecule has 0 amide bonds. The third-order valence-corrected chi connectivity index (χ3v) is 4.67. The maximum atomic E-state index is 14.5. The molecule has 0 aliphatic rings. The topological polar surface area (TPSA) is 91.0 Å². The lowest BCUT2D eigenvalue weighted by molar-refractivity contribution is -0.139. The lowest BCUT2D eigenvalue weighted by Gasteiger charge is -2.11. The fourth-order valence-corrected chi connectivity index (χ4v) is 2.99. The van der Waals surface area contributed by atoms with Crippen LogP contribution in [0, 0.1) is 5.82 Å². The number of carbonyl (C=O) groups is 1. The van der Waals surface area contributed by atoms with Gasteiger partial charge >= 0.3 is 12.1 Å². The number of rotatable bonds is 11. The summed E-state index contributed by atoms with van der Waals surface area (Å²) in [6.07, 6.45) is -5.45. The minimum atomic E-state index is -4.45. The first-order valence-corrected chi connectivity index (χ1v) is 10.1. The molecular weight excluding hydrogens is 462 g/mol. The zero-order valence-corrected chi connectivity index (χ0v) is 18.0. The van der Waals surface area contributed by atoms with Crippen LogP contribution >= 0.6 is 0 Å². The molecule has 3 aromatic rings. The van der Waals surface area contributed by atoms with Crippen molar-refractivity contribution >= 4 is 5.97 Å². The normalized spacial score (nSPS) is 11.3. The number of alkyl halides is 3. The van der Waals surface area contributed by atoms with Gasteiger partial charge in [-0.2, -0.15) is 13.2 Å². The van der Waals surface area contributed by atoms with Crippen LogP contribution in [0.4, 0.5) is 17.6 Å². The van der Waals surface area contributed by atoms with Gasteiger partial charge in [0.1, 0.15) is 23.9 Å². The number of methoxy groups -OCH3 is 1. The van der Waals surface area contributed by atoms with Crippen LogP contribution in [0.25, 0.3) is 11.3 Å². The highest BCUT2D eigenvalue weighted by Gasteiger charge is 2.29. The van der Waals surface area contributed by atoms with Gasteiger partial charge in [-0.25, -0.2) is 4.39 Å². The van der Waals surface area contributed by atoms with Crippen LogP contribution in [-0.4, -0.2) is 36.1 Å². The number of halogens is 4. The molecule has 0 aliphatic heterocycles. The first kappa shape index (κ1) is 24.9. The van der Waals surface area contributed by atoms with Gasteiger partial charge in [-0.15, -0.1) is 0 Å². The number of aliphatic carboxylic acids is 1. The van der Waals surface area contributed by atoms with E-state index in [1.165, 1.54) is 19.2 Å². The molecule has 7 nitrogen and oxygen atoms in total. The van der Waals surface area contributed by atoms with Gasteiger partial charge < -0.3 is 23.8 Å². The fourth-order valence-electron chi connectivity index (χ4n) is 2.99. The molecule has 2 aromatic carbocycles. The van der Waals surface area contributed by atoms with E-state index in [1.807, 2.05) is 0 Å². The van der Waals surface area contributed by atoms with Gasteiger partial charge in [0.25, 0.3) is 0 Å². The number of aryl methyl sites for hydroxylation is 1. The van der Waals surface area contributed by atoms with Crippen molar-refractivity contribution in [3.05, 3.63) is 59.5 Å². The fraction of sp³-hybridized carbons (Fsp3) is 0.304.